The highest BCUT2D eigenvalue weighted by Crippen LogP contribution is 2.20. The number of hydrogen-bond donors (Lipinski definition) is 1. The number of esters is 1. The number of nitrogens with one attached hydrogen (secondary N) is 1. The molecule has 0 saturated heterocycles. The van der Waals surface area contributed by atoms with Gasteiger partial charge >= 0.3 is 5.97 Å². The maximum Gasteiger partial charge on any atom is 0.338 e. The smallest absolute Gasteiger partial charge is 0.338 e. The highest BCUT2D eigenvalue weighted by molar-refractivity contribution is 9.10. The van der Waals surface area contributed by atoms with Gasteiger partial charge in [-0.25, -0.2) is 9.18 Å². The van der Waals surface area contributed by atoms with Crippen molar-refractivity contribution in [2.24, 2.45) is 0 Å². The van der Waals surface area contributed by atoms with Crippen molar-refractivity contribution in [3.63, 3.8) is 0 Å². The Balaban J connectivity index is 1.50. The third-order valence-corrected chi connectivity index (χ3v) is 4.69. The van der Waals surface area contributed by atoms with E-state index in [1.54, 1.807) is 25.1 Å². The number of carbonyl (C=O) groups excluding carboxylic acids is 2. The maximum atomic E-state index is 13.7. The number of carbonyl (C=O) groups is 2. The average Bonchev–Trinajstić information content (AvgIpc) is 3.04. The van der Waals surface area contributed by atoms with Gasteiger partial charge < -0.3 is 19.3 Å². The van der Waals surface area contributed by atoms with E-state index < -0.39 is 24.3 Å². The van der Waals surface area contributed by atoms with Crippen molar-refractivity contribution in [2.75, 3.05) is 11.9 Å². The zero-order valence-corrected chi connectivity index (χ0v) is 17.8. The SMILES string of the molecule is Cc1noc(C)c1COc1ccc(C(=O)OCC(=O)Nc2ccc(Br)cc2F)cc1. The summed E-state index contributed by atoms with van der Waals surface area (Å²) in [4.78, 5) is 24.0. The first-order valence-corrected chi connectivity index (χ1v) is 9.69. The number of anilines is 1. The van der Waals surface area contributed by atoms with Crippen LogP contribution in [0.5, 0.6) is 5.75 Å². The first kappa shape index (κ1) is 21.5. The van der Waals surface area contributed by atoms with Gasteiger partial charge in [-0.05, 0) is 56.3 Å². The predicted molar refractivity (Wildman–Crippen MR) is 110 cm³/mol. The second kappa shape index (κ2) is 9.53. The summed E-state index contributed by atoms with van der Waals surface area (Å²) in [6.45, 7) is 3.38. The molecule has 0 atom stereocenters. The lowest BCUT2D eigenvalue weighted by molar-refractivity contribution is -0.119. The zero-order valence-electron chi connectivity index (χ0n) is 16.2. The lowest BCUT2D eigenvalue weighted by Crippen LogP contribution is -2.21. The summed E-state index contributed by atoms with van der Waals surface area (Å²) >= 11 is 3.13. The lowest BCUT2D eigenvalue weighted by Gasteiger charge is -2.09. The minimum absolute atomic E-state index is 0.000883. The fourth-order valence-corrected chi connectivity index (χ4v) is 2.88. The van der Waals surface area contributed by atoms with Crippen molar-refractivity contribution in [1.29, 1.82) is 0 Å². The van der Waals surface area contributed by atoms with Crippen LogP contribution in [0.3, 0.4) is 0 Å². The molecule has 0 aliphatic heterocycles. The number of ether oxygens (including phenoxy) is 2. The van der Waals surface area contributed by atoms with E-state index in [1.807, 2.05) is 6.92 Å². The number of halogens is 2. The standard InChI is InChI=1S/C21H18BrFN2O5/c1-12-17(13(2)30-25-12)10-28-16-6-3-14(4-7-16)21(27)29-11-20(26)24-19-8-5-15(22)9-18(19)23/h3-9H,10-11H2,1-2H3,(H,24,26). The van der Waals surface area contributed by atoms with Gasteiger partial charge in [-0.1, -0.05) is 21.1 Å². The molecule has 0 radical (unpaired) electrons. The molecule has 1 amide bonds. The first-order valence-electron chi connectivity index (χ1n) is 8.90. The van der Waals surface area contributed by atoms with E-state index in [4.69, 9.17) is 14.0 Å². The molecule has 2 aromatic carbocycles. The maximum absolute atomic E-state index is 13.7. The van der Waals surface area contributed by atoms with Gasteiger partial charge in [-0.2, -0.15) is 0 Å². The Kier molecular flexibility index (Phi) is 6.83. The molecule has 0 unspecified atom stereocenters. The summed E-state index contributed by atoms with van der Waals surface area (Å²) in [5.41, 5.74) is 1.88. The molecule has 30 heavy (non-hydrogen) atoms. The Hall–Kier alpha value is -3.20. The summed E-state index contributed by atoms with van der Waals surface area (Å²) in [7, 11) is 0. The summed E-state index contributed by atoms with van der Waals surface area (Å²) < 4.78 is 30.0. The molecule has 1 heterocycles. The molecule has 1 aromatic heterocycles. The van der Waals surface area contributed by atoms with Crippen molar-refractivity contribution in [3.05, 3.63) is 75.3 Å². The largest absolute Gasteiger partial charge is 0.489 e. The molecule has 3 rings (SSSR count). The normalized spacial score (nSPS) is 10.5. The lowest BCUT2D eigenvalue weighted by atomic mass is 10.2. The average molecular weight is 477 g/mol. The first-order chi connectivity index (χ1) is 14.3. The molecule has 1 N–H and O–H groups in total. The van der Waals surface area contributed by atoms with Crippen LogP contribution in [0.4, 0.5) is 10.1 Å². The molecule has 0 spiro atoms. The molecule has 0 bridgehead atoms. The van der Waals surface area contributed by atoms with Gasteiger partial charge in [0.1, 0.15) is 23.9 Å². The van der Waals surface area contributed by atoms with E-state index in [2.05, 4.69) is 26.4 Å². The highest BCUT2D eigenvalue weighted by atomic mass is 79.9. The van der Waals surface area contributed by atoms with E-state index in [1.165, 1.54) is 24.3 Å². The van der Waals surface area contributed by atoms with Crippen molar-refractivity contribution in [1.82, 2.24) is 5.16 Å². The van der Waals surface area contributed by atoms with Crippen LogP contribution >= 0.6 is 15.9 Å². The minimum Gasteiger partial charge on any atom is -0.489 e. The Morgan fingerprint density at radius 2 is 1.90 bits per heavy atom. The molecule has 156 valence electrons. The number of nitrogens with zero attached hydrogens (tertiary/aromatic N) is 1. The van der Waals surface area contributed by atoms with E-state index in [0.717, 1.165) is 11.3 Å². The molecule has 0 saturated carbocycles. The van der Waals surface area contributed by atoms with Crippen LogP contribution in [0.15, 0.2) is 51.5 Å². The number of rotatable bonds is 7. The Bertz CT molecular complexity index is 1050. The van der Waals surface area contributed by atoms with E-state index in [9.17, 15) is 14.0 Å². The number of aromatic nitrogens is 1. The molecular weight excluding hydrogens is 459 g/mol. The van der Waals surface area contributed by atoms with Gasteiger partial charge in [-0.3, -0.25) is 4.79 Å². The Morgan fingerprint density at radius 1 is 1.17 bits per heavy atom. The number of aryl methyl sites for hydroxylation is 2. The number of amides is 1. The van der Waals surface area contributed by atoms with Gasteiger partial charge in [0.05, 0.1) is 22.5 Å². The van der Waals surface area contributed by atoms with Crippen LogP contribution in [0, 0.1) is 19.7 Å². The molecule has 0 aliphatic carbocycles. The van der Waals surface area contributed by atoms with E-state index in [-0.39, 0.29) is 17.9 Å². The fraction of sp³-hybridized carbons (Fsp3) is 0.190. The second-order valence-electron chi connectivity index (χ2n) is 6.36. The topological polar surface area (TPSA) is 90.7 Å². The third-order valence-electron chi connectivity index (χ3n) is 4.19. The number of hydrogen-bond acceptors (Lipinski definition) is 6. The second-order valence-corrected chi connectivity index (χ2v) is 7.28. The van der Waals surface area contributed by atoms with Gasteiger partial charge in [-0.15, -0.1) is 0 Å². The molecule has 0 fully saturated rings. The highest BCUT2D eigenvalue weighted by Gasteiger charge is 2.13. The third kappa shape index (κ3) is 5.44. The van der Waals surface area contributed by atoms with Crippen molar-refractivity contribution >= 4 is 33.5 Å². The van der Waals surface area contributed by atoms with Crippen LogP contribution in [0.1, 0.15) is 27.4 Å². The molecular formula is C21H18BrFN2O5. The molecule has 7 nitrogen and oxygen atoms in total. The molecule has 0 aliphatic rings. The minimum atomic E-state index is -0.682. The predicted octanol–water partition coefficient (Wildman–Crippen LogP) is 4.57. The summed E-state index contributed by atoms with van der Waals surface area (Å²) in [5, 5.41) is 6.21. The molecule has 9 heteroatoms. The summed E-state index contributed by atoms with van der Waals surface area (Å²) in [5.74, 6) is -0.692. The van der Waals surface area contributed by atoms with Crippen LogP contribution in [-0.4, -0.2) is 23.6 Å². The monoisotopic (exact) mass is 476 g/mol. The van der Waals surface area contributed by atoms with Crippen molar-refractivity contribution in [3.8, 4) is 5.75 Å². The van der Waals surface area contributed by atoms with Crippen LogP contribution in [-0.2, 0) is 16.1 Å². The van der Waals surface area contributed by atoms with E-state index in [0.29, 0.717) is 16.0 Å². The van der Waals surface area contributed by atoms with Crippen LogP contribution in [0.2, 0.25) is 0 Å². The Morgan fingerprint density at radius 3 is 2.53 bits per heavy atom. The summed E-state index contributed by atoms with van der Waals surface area (Å²) in [6.07, 6.45) is 0. The van der Waals surface area contributed by atoms with Gasteiger partial charge in [0.25, 0.3) is 5.91 Å². The zero-order chi connectivity index (χ0) is 21.7. The Labute approximate surface area is 180 Å². The number of benzene rings is 2. The quantitative estimate of drug-likeness (QED) is 0.502. The summed E-state index contributed by atoms with van der Waals surface area (Å²) in [6, 6.07) is 10.5. The van der Waals surface area contributed by atoms with Crippen molar-refractivity contribution in [2.45, 2.75) is 20.5 Å². The van der Waals surface area contributed by atoms with E-state index >= 15 is 0 Å². The van der Waals surface area contributed by atoms with Gasteiger partial charge in [0, 0.05) is 4.47 Å². The van der Waals surface area contributed by atoms with Gasteiger partial charge in [0.2, 0.25) is 0 Å². The van der Waals surface area contributed by atoms with Crippen LogP contribution in [0.25, 0.3) is 0 Å². The van der Waals surface area contributed by atoms with Gasteiger partial charge in [0.15, 0.2) is 6.61 Å². The van der Waals surface area contributed by atoms with Crippen molar-refractivity contribution < 1.29 is 28.0 Å². The van der Waals surface area contributed by atoms with Crippen LogP contribution < -0.4 is 10.1 Å². The molecule has 3 aromatic rings. The fourth-order valence-electron chi connectivity index (χ4n) is 2.54.